The van der Waals surface area contributed by atoms with Crippen LogP contribution in [0.25, 0.3) is 0 Å². The van der Waals surface area contributed by atoms with Crippen molar-refractivity contribution in [1.82, 2.24) is 4.90 Å². The Morgan fingerprint density at radius 1 is 1.23 bits per heavy atom. The maximum atomic E-state index is 12.2. The van der Waals surface area contributed by atoms with Gasteiger partial charge in [0, 0.05) is 6.42 Å². The van der Waals surface area contributed by atoms with Crippen LogP contribution in [-0.2, 0) is 30.7 Å². The lowest BCUT2D eigenvalue weighted by molar-refractivity contribution is -0.300. The molecule has 7 nitrogen and oxygen atoms in total. The van der Waals surface area contributed by atoms with Gasteiger partial charge >= 0.3 is 12.1 Å². The third kappa shape index (κ3) is 3.96. The smallest absolute Gasteiger partial charge is 0.410 e. The Labute approximate surface area is 128 Å². The number of likely N-dealkylation sites (tertiary alicyclic amines) is 1. The van der Waals surface area contributed by atoms with E-state index in [9.17, 15) is 9.59 Å². The van der Waals surface area contributed by atoms with Gasteiger partial charge in [-0.25, -0.2) is 19.4 Å². The summed E-state index contributed by atoms with van der Waals surface area (Å²) in [6.07, 6.45) is -0.666. The third-order valence-corrected chi connectivity index (χ3v) is 3.41. The Kier molecular flexibility index (Phi) is 5.74. The molecule has 120 valence electrons. The Balaban J connectivity index is 1.97. The first kappa shape index (κ1) is 16.3. The second-order valence-corrected chi connectivity index (χ2v) is 4.85. The standard InChI is InChI=1S/C15H19NO6/c1-19-14(17)13-8-12(22-20-2)9-16(13)15(18)21-10-11-6-4-3-5-7-11/h3-7,12-13H,8-10H2,1-2H3. The first-order chi connectivity index (χ1) is 10.7. The zero-order valence-corrected chi connectivity index (χ0v) is 12.6. The fourth-order valence-electron chi connectivity index (χ4n) is 2.37. The second-order valence-electron chi connectivity index (χ2n) is 4.85. The topological polar surface area (TPSA) is 74.3 Å². The van der Waals surface area contributed by atoms with Crippen molar-refractivity contribution in [3.63, 3.8) is 0 Å². The number of hydrogen-bond acceptors (Lipinski definition) is 6. The van der Waals surface area contributed by atoms with Crippen LogP contribution in [0.2, 0.25) is 0 Å². The van der Waals surface area contributed by atoms with Crippen LogP contribution in [0.5, 0.6) is 0 Å². The molecule has 0 N–H and O–H groups in total. The van der Waals surface area contributed by atoms with Gasteiger partial charge in [0.2, 0.25) is 0 Å². The Bertz CT molecular complexity index is 506. The molecule has 0 aliphatic carbocycles. The van der Waals surface area contributed by atoms with E-state index in [1.807, 2.05) is 30.3 Å². The number of ether oxygens (including phenoxy) is 2. The highest BCUT2D eigenvalue weighted by atomic mass is 17.2. The number of methoxy groups -OCH3 is 1. The first-order valence-electron chi connectivity index (χ1n) is 6.90. The average Bonchev–Trinajstić information content (AvgIpc) is 2.97. The van der Waals surface area contributed by atoms with E-state index in [0.29, 0.717) is 6.42 Å². The molecule has 0 spiro atoms. The number of rotatable bonds is 5. The molecule has 0 saturated carbocycles. The van der Waals surface area contributed by atoms with Crippen molar-refractivity contribution in [2.24, 2.45) is 0 Å². The largest absolute Gasteiger partial charge is 0.467 e. The number of amides is 1. The van der Waals surface area contributed by atoms with Gasteiger partial charge in [-0.2, -0.15) is 0 Å². The van der Waals surface area contributed by atoms with Gasteiger partial charge in [-0.05, 0) is 5.56 Å². The van der Waals surface area contributed by atoms with Gasteiger partial charge < -0.3 is 9.47 Å². The molecule has 1 amide bonds. The molecule has 0 aromatic heterocycles. The van der Waals surface area contributed by atoms with Crippen LogP contribution in [-0.4, -0.2) is 49.9 Å². The van der Waals surface area contributed by atoms with Crippen LogP contribution < -0.4 is 0 Å². The number of carbonyl (C=O) groups excluding carboxylic acids is 2. The van der Waals surface area contributed by atoms with E-state index in [0.717, 1.165) is 5.56 Å². The molecule has 1 saturated heterocycles. The van der Waals surface area contributed by atoms with E-state index in [1.165, 1.54) is 19.1 Å². The highest BCUT2D eigenvalue weighted by Gasteiger charge is 2.42. The SMILES string of the molecule is COOC1CC(C(=O)OC)N(C(=O)OCc2ccccc2)C1. The summed E-state index contributed by atoms with van der Waals surface area (Å²) in [4.78, 5) is 34.9. The van der Waals surface area contributed by atoms with Crippen LogP contribution in [0.3, 0.4) is 0 Å². The minimum Gasteiger partial charge on any atom is -0.467 e. The predicted molar refractivity (Wildman–Crippen MR) is 75.6 cm³/mol. The summed E-state index contributed by atoms with van der Waals surface area (Å²) in [5.41, 5.74) is 0.870. The molecule has 2 atom stereocenters. The molecular weight excluding hydrogens is 290 g/mol. The van der Waals surface area contributed by atoms with Gasteiger partial charge in [0.15, 0.2) is 0 Å². The molecule has 2 unspecified atom stereocenters. The number of esters is 1. The van der Waals surface area contributed by atoms with Crippen LogP contribution >= 0.6 is 0 Å². The average molecular weight is 309 g/mol. The Morgan fingerprint density at radius 3 is 2.59 bits per heavy atom. The van der Waals surface area contributed by atoms with Crippen LogP contribution in [0.4, 0.5) is 4.79 Å². The quantitative estimate of drug-likeness (QED) is 0.466. The molecule has 1 aromatic rings. The lowest BCUT2D eigenvalue weighted by Crippen LogP contribution is -2.41. The highest BCUT2D eigenvalue weighted by molar-refractivity contribution is 5.82. The van der Waals surface area contributed by atoms with Gasteiger partial charge in [0.1, 0.15) is 18.8 Å². The van der Waals surface area contributed by atoms with E-state index < -0.39 is 24.2 Å². The van der Waals surface area contributed by atoms with Crippen molar-refractivity contribution in [2.45, 2.75) is 25.2 Å². The van der Waals surface area contributed by atoms with Gasteiger partial charge in [-0.3, -0.25) is 4.90 Å². The van der Waals surface area contributed by atoms with Crippen molar-refractivity contribution in [2.75, 3.05) is 20.8 Å². The Hall–Kier alpha value is -2.12. The number of hydrogen-bond donors (Lipinski definition) is 0. The van der Waals surface area contributed by atoms with Gasteiger partial charge in [0.05, 0.1) is 20.8 Å². The summed E-state index contributed by atoms with van der Waals surface area (Å²) >= 11 is 0. The monoisotopic (exact) mass is 309 g/mol. The maximum Gasteiger partial charge on any atom is 0.410 e. The molecule has 0 radical (unpaired) electrons. The molecule has 1 fully saturated rings. The number of benzene rings is 1. The molecule has 1 aliphatic rings. The molecule has 1 aromatic carbocycles. The zero-order valence-electron chi connectivity index (χ0n) is 12.6. The van der Waals surface area contributed by atoms with E-state index >= 15 is 0 Å². The van der Waals surface area contributed by atoms with Crippen molar-refractivity contribution >= 4 is 12.1 Å². The van der Waals surface area contributed by atoms with Gasteiger partial charge in [0.25, 0.3) is 0 Å². The van der Waals surface area contributed by atoms with Crippen molar-refractivity contribution < 1.29 is 28.8 Å². The molecular formula is C15H19NO6. The van der Waals surface area contributed by atoms with E-state index in [4.69, 9.17) is 14.4 Å². The summed E-state index contributed by atoms with van der Waals surface area (Å²) in [6, 6.07) is 8.58. The normalized spacial score (nSPS) is 20.7. The van der Waals surface area contributed by atoms with Crippen LogP contribution in [0.1, 0.15) is 12.0 Å². The molecule has 1 aliphatic heterocycles. The van der Waals surface area contributed by atoms with E-state index in [-0.39, 0.29) is 13.2 Å². The lowest BCUT2D eigenvalue weighted by atomic mass is 10.2. The summed E-state index contributed by atoms with van der Waals surface area (Å²) in [5.74, 6) is -0.501. The summed E-state index contributed by atoms with van der Waals surface area (Å²) in [6.45, 7) is 0.348. The third-order valence-electron chi connectivity index (χ3n) is 3.41. The van der Waals surface area contributed by atoms with E-state index in [2.05, 4.69) is 4.89 Å². The fourth-order valence-corrected chi connectivity index (χ4v) is 2.37. The van der Waals surface area contributed by atoms with Gasteiger partial charge in [-0.15, -0.1) is 0 Å². The summed E-state index contributed by atoms with van der Waals surface area (Å²) < 4.78 is 9.97. The second kappa shape index (κ2) is 7.77. The number of carbonyl (C=O) groups is 2. The zero-order chi connectivity index (χ0) is 15.9. The maximum absolute atomic E-state index is 12.2. The first-order valence-corrected chi connectivity index (χ1v) is 6.90. The summed E-state index contributed by atoms with van der Waals surface area (Å²) in [7, 11) is 2.66. The lowest BCUT2D eigenvalue weighted by Gasteiger charge is -2.21. The van der Waals surface area contributed by atoms with Crippen molar-refractivity contribution in [3.8, 4) is 0 Å². The number of nitrogens with zero attached hydrogens (tertiary/aromatic N) is 1. The molecule has 0 bridgehead atoms. The van der Waals surface area contributed by atoms with Crippen LogP contribution in [0, 0.1) is 0 Å². The summed E-state index contributed by atoms with van der Waals surface area (Å²) in [5, 5.41) is 0. The van der Waals surface area contributed by atoms with Crippen molar-refractivity contribution in [3.05, 3.63) is 35.9 Å². The minimum atomic E-state index is -0.728. The van der Waals surface area contributed by atoms with Gasteiger partial charge in [-0.1, -0.05) is 30.3 Å². The molecule has 2 rings (SSSR count). The predicted octanol–water partition coefficient (Wildman–Crippen LogP) is 1.52. The van der Waals surface area contributed by atoms with Crippen LogP contribution in [0.15, 0.2) is 30.3 Å². The molecule has 1 heterocycles. The Morgan fingerprint density at radius 2 is 1.95 bits per heavy atom. The van der Waals surface area contributed by atoms with E-state index in [1.54, 1.807) is 0 Å². The highest BCUT2D eigenvalue weighted by Crippen LogP contribution is 2.23. The van der Waals surface area contributed by atoms with Crippen molar-refractivity contribution in [1.29, 1.82) is 0 Å². The fraction of sp³-hybridized carbons (Fsp3) is 0.467. The minimum absolute atomic E-state index is 0.139. The molecule has 22 heavy (non-hydrogen) atoms. The molecule has 7 heteroatoms.